The number of hydrogen-bond acceptors (Lipinski definition) is 3. The fourth-order valence-corrected chi connectivity index (χ4v) is 2.16. The maximum atomic E-state index is 13.2. The Morgan fingerprint density at radius 1 is 1.10 bits per heavy atom. The van der Waals surface area contributed by atoms with Crippen molar-refractivity contribution in [3.8, 4) is 11.4 Å². The van der Waals surface area contributed by atoms with Gasteiger partial charge in [-0.2, -0.15) is 5.10 Å². The number of H-pyrrole nitrogens is 1. The lowest BCUT2D eigenvalue weighted by molar-refractivity contribution is 0.628. The summed E-state index contributed by atoms with van der Waals surface area (Å²) in [6.07, 6.45) is 0.665. The van der Waals surface area contributed by atoms with Gasteiger partial charge in [0.2, 0.25) is 0 Å². The highest BCUT2D eigenvalue weighted by molar-refractivity contribution is 5.54. The zero-order chi connectivity index (χ0) is 14.7. The Bertz CT molecular complexity index is 724. The van der Waals surface area contributed by atoms with Crippen LogP contribution in [0.5, 0.6) is 0 Å². The first-order valence-electron chi connectivity index (χ1n) is 6.70. The monoisotopic (exact) mass is 282 g/mol. The first kappa shape index (κ1) is 13.5. The number of aromatic nitrogens is 3. The summed E-state index contributed by atoms with van der Waals surface area (Å²) in [6, 6.07) is 15.8. The maximum Gasteiger partial charge on any atom is 0.181 e. The fraction of sp³-hybridized carbons (Fsp3) is 0.125. The lowest BCUT2D eigenvalue weighted by Crippen LogP contribution is -2.15. The number of nitrogens with one attached hydrogen (secondary N) is 1. The lowest BCUT2D eigenvalue weighted by atomic mass is 10.1. The Morgan fingerprint density at radius 3 is 2.67 bits per heavy atom. The van der Waals surface area contributed by atoms with Gasteiger partial charge in [0.15, 0.2) is 5.82 Å². The van der Waals surface area contributed by atoms with Crippen LogP contribution in [0.2, 0.25) is 0 Å². The quantitative estimate of drug-likeness (QED) is 0.773. The van der Waals surface area contributed by atoms with Crippen LogP contribution < -0.4 is 5.73 Å². The summed E-state index contributed by atoms with van der Waals surface area (Å²) in [7, 11) is 0. The Balaban J connectivity index is 1.78. The Kier molecular flexibility index (Phi) is 3.75. The van der Waals surface area contributed by atoms with E-state index in [0.29, 0.717) is 23.6 Å². The molecule has 0 unspecified atom stereocenters. The molecule has 0 aliphatic rings. The highest BCUT2D eigenvalue weighted by Crippen LogP contribution is 2.18. The predicted octanol–water partition coefficient (Wildman–Crippen LogP) is 2.85. The van der Waals surface area contributed by atoms with E-state index in [1.807, 2.05) is 30.3 Å². The smallest absolute Gasteiger partial charge is 0.181 e. The third kappa shape index (κ3) is 3.14. The zero-order valence-corrected chi connectivity index (χ0v) is 11.3. The Morgan fingerprint density at radius 2 is 1.90 bits per heavy atom. The summed E-state index contributed by atoms with van der Waals surface area (Å²) in [5.74, 6) is 0.735. The molecule has 0 amide bonds. The second kappa shape index (κ2) is 5.85. The molecule has 1 heterocycles. The number of nitrogens with two attached hydrogens (primary N) is 1. The van der Waals surface area contributed by atoms with Crippen molar-refractivity contribution in [3.63, 3.8) is 0 Å². The summed E-state index contributed by atoms with van der Waals surface area (Å²) in [6.45, 7) is 0. The van der Waals surface area contributed by atoms with E-state index in [4.69, 9.17) is 5.73 Å². The molecule has 0 bridgehead atoms. The van der Waals surface area contributed by atoms with Gasteiger partial charge in [-0.1, -0.05) is 42.5 Å². The minimum atomic E-state index is -0.313. The van der Waals surface area contributed by atoms with Gasteiger partial charge in [0, 0.05) is 5.56 Å². The summed E-state index contributed by atoms with van der Waals surface area (Å²) >= 11 is 0. The average molecular weight is 282 g/mol. The van der Waals surface area contributed by atoms with E-state index in [9.17, 15) is 4.39 Å². The van der Waals surface area contributed by atoms with Crippen LogP contribution in [0.1, 0.15) is 17.4 Å². The van der Waals surface area contributed by atoms with Crippen molar-refractivity contribution >= 4 is 0 Å². The van der Waals surface area contributed by atoms with Crippen LogP contribution >= 0.6 is 0 Å². The molecule has 3 rings (SSSR count). The van der Waals surface area contributed by atoms with E-state index in [1.165, 1.54) is 12.1 Å². The number of benzene rings is 2. The van der Waals surface area contributed by atoms with Crippen LogP contribution in [0, 0.1) is 5.82 Å². The summed E-state index contributed by atoms with van der Waals surface area (Å²) in [5.41, 5.74) is 7.90. The van der Waals surface area contributed by atoms with Gasteiger partial charge < -0.3 is 5.73 Å². The standard InChI is InChI=1S/C16H15FN4/c17-13-8-4-7-12(10-13)15-19-16(21-20-15)14(18)9-11-5-2-1-3-6-11/h1-8,10,14H,9,18H2,(H,19,20,21)/t14-/m1/s1. The molecule has 0 spiro atoms. The molecule has 3 N–H and O–H groups in total. The molecule has 0 fully saturated rings. The number of aromatic amines is 1. The normalized spacial score (nSPS) is 12.3. The molecular formula is C16H15FN4. The molecule has 0 radical (unpaired) electrons. The molecule has 4 nitrogen and oxygen atoms in total. The van der Waals surface area contributed by atoms with E-state index in [2.05, 4.69) is 15.2 Å². The molecule has 106 valence electrons. The molecule has 0 saturated carbocycles. The second-order valence-corrected chi connectivity index (χ2v) is 4.85. The largest absolute Gasteiger partial charge is 0.321 e. The van der Waals surface area contributed by atoms with Crippen molar-refractivity contribution in [2.24, 2.45) is 5.73 Å². The molecule has 3 aromatic rings. The topological polar surface area (TPSA) is 67.6 Å². The number of halogens is 1. The van der Waals surface area contributed by atoms with E-state index >= 15 is 0 Å². The van der Waals surface area contributed by atoms with Crippen molar-refractivity contribution in [1.29, 1.82) is 0 Å². The Labute approximate surface area is 121 Å². The predicted molar refractivity (Wildman–Crippen MR) is 78.9 cm³/mol. The molecule has 0 saturated heterocycles. The number of rotatable bonds is 4. The van der Waals surface area contributed by atoms with Crippen LogP contribution in [0.4, 0.5) is 4.39 Å². The maximum absolute atomic E-state index is 13.2. The Hall–Kier alpha value is -2.53. The summed E-state index contributed by atoms with van der Waals surface area (Å²) in [4.78, 5) is 4.36. The van der Waals surface area contributed by atoms with Gasteiger partial charge in [-0.3, -0.25) is 5.10 Å². The van der Waals surface area contributed by atoms with Crippen LogP contribution in [0.15, 0.2) is 54.6 Å². The third-order valence-corrected chi connectivity index (χ3v) is 3.24. The molecule has 1 aromatic heterocycles. The molecular weight excluding hydrogens is 267 g/mol. The van der Waals surface area contributed by atoms with E-state index in [1.54, 1.807) is 12.1 Å². The van der Waals surface area contributed by atoms with Crippen molar-refractivity contribution in [2.75, 3.05) is 0 Å². The molecule has 2 aromatic carbocycles. The lowest BCUT2D eigenvalue weighted by Gasteiger charge is -2.07. The molecule has 21 heavy (non-hydrogen) atoms. The van der Waals surface area contributed by atoms with Gasteiger partial charge >= 0.3 is 0 Å². The zero-order valence-electron chi connectivity index (χ0n) is 11.3. The van der Waals surface area contributed by atoms with E-state index < -0.39 is 0 Å². The SMILES string of the molecule is N[C@H](Cc1ccccc1)c1nc(-c2cccc(F)c2)n[nH]1. The molecule has 1 atom stereocenters. The molecule has 5 heteroatoms. The van der Waals surface area contributed by atoms with Crippen LogP contribution in [0.25, 0.3) is 11.4 Å². The first-order chi connectivity index (χ1) is 10.2. The highest BCUT2D eigenvalue weighted by Gasteiger charge is 2.13. The van der Waals surface area contributed by atoms with Gasteiger partial charge in [-0.15, -0.1) is 0 Å². The second-order valence-electron chi connectivity index (χ2n) is 4.85. The average Bonchev–Trinajstić information content (AvgIpc) is 2.98. The van der Waals surface area contributed by atoms with Gasteiger partial charge in [0.05, 0.1) is 6.04 Å². The summed E-state index contributed by atoms with van der Waals surface area (Å²) in [5, 5.41) is 6.94. The molecule has 0 aliphatic carbocycles. The first-order valence-corrected chi connectivity index (χ1v) is 6.70. The minimum Gasteiger partial charge on any atom is -0.321 e. The van der Waals surface area contributed by atoms with Crippen LogP contribution in [-0.2, 0) is 6.42 Å². The van der Waals surface area contributed by atoms with Crippen molar-refractivity contribution < 1.29 is 4.39 Å². The van der Waals surface area contributed by atoms with Crippen molar-refractivity contribution in [2.45, 2.75) is 12.5 Å². The highest BCUT2D eigenvalue weighted by atomic mass is 19.1. The summed E-state index contributed by atoms with van der Waals surface area (Å²) < 4.78 is 13.2. The van der Waals surface area contributed by atoms with Crippen molar-refractivity contribution in [1.82, 2.24) is 15.2 Å². The van der Waals surface area contributed by atoms with Gasteiger partial charge in [-0.25, -0.2) is 9.37 Å². The van der Waals surface area contributed by atoms with Gasteiger partial charge in [0.25, 0.3) is 0 Å². The van der Waals surface area contributed by atoms with E-state index in [-0.39, 0.29) is 11.9 Å². The van der Waals surface area contributed by atoms with Crippen molar-refractivity contribution in [3.05, 3.63) is 71.8 Å². The van der Waals surface area contributed by atoms with Crippen LogP contribution in [0.3, 0.4) is 0 Å². The fourth-order valence-electron chi connectivity index (χ4n) is 2.16. The third-order valence-electron chi connectivity index (χ3n) is 3.24. The van der Waals surface area contributed by atoms with Crippen LogP contribution in [-0.4, -0.2) is 15.2 Å². The minimum absolute atomic E-state index is 0.276. The molecule has 0 aliphatic heterocycles. The van der Waals surface area contributed by atoms with Gasteiger partial charge in [-0.05, 0) is 24.1 Å². The number of hydrogen-bond donors (Lipinski definition) is 2. The number of nitrogens with zero attached hydrogens (tertiary/aromatic N) is 2. The van der Waals surface area contributed by atoms with Gasteiger partial charge in [0.1, 0.15) is 11.6 Å². The van der Waals surface area contributed by atoms with E-state index in [0.717, 1.165) is 5.56 Å².